The summed E-state index contributed by atoms with van der Waals surface area (Å²) in [6, 6.07) is 23.6. The van der Waals surface area contributed by atoms with E-state index < -0.39 is 5.91 Å². The molecule has 1 aliphatic heterocycles. The molecule has 10 nitrogen and oxygen atoms in total. The molecule has 0 saturated carbocycles. The van der Waals surface area contributed by atoms with Crippen molar-refractivity contribution in [3.63, 3.8) is 0 Å². The molecule has 10 heteroatoms. The van der Waals surface area contributed by atoms with Crippen molar-refractivity contribution in [1.82, 2.24) is 20.3 Å². The molecule has 1 saturated heterocycles. The number of aromatic nitrogens is 1. The minimum atomic E-state index is -0.435. The number of carbonyl (C=O) groups is 2. The first kappa shape index (κ1) is 33.7. The van der Waals surface area contributed by atoms with Crippen molar-refractivity contribution in [3.05, 3.63) is 95.2 Å². The maximum atomic E-state index is 13.4. The number of amides is 2. The summed E-state index contributed by atoms with van der Waals surface area (Å²) in [6.45, 7) is 11.4. The Morgan fingerprint density at radius 2 is 1.51 bits per heavy atom. The van der Waals surface area contributed by atoms with Gasteiger partial charge in [0.2, 0.25) is 5.91 Å². The summed E-state index contributed by atoms with van der Waals surface area (Å²) in [7, 11) is 2.10. The molecule has 3 aromatic carbocycles. The molecule has 0 bridgehead atoms. The maximum Gasteiger partial charge on any atom is 0.275 e. The number of nitrogens with zero attached hydrogens (tertiary/aromatic N) is 3. The molecule has 0 atom stereocenters. The van der Waals surface area contributed by atoms with Gasteiger partial charge in [0, 0.05) is 51.8 Å². The van der Waals surface area contributed by atoms with Gasteiger partial charge in [-0.3, -0.25) is 9.59 Å². The lowest BCUT2D eigenvalue weighted by Crippen LogP contribution is -2.45. The van der Waals surface area contributed by atoms with Crippen LogP contribution in [0.1, 0.15) is 60.3 Å². The molecule has 248 valence electrons. The van der Waals surface area contributed by atoms with Gasteiger partial charge in [-0.1, -0.05) is 79.7 Å². The minimum Gasteiger partial charge on any atom is -0.488 e. The van der Waals surface area contributed by atoms with Gasteiger partial charge in [-0.2, -0.15) is 0 Å². The average molecular weight is 640 g/mol. The number of likely N-dealkylation sites (N-methyl/N-ethyl adjacent to an activating group) is 1. The molecule has 2 N–H and O–H groups in total. The molecule has 2 heterocycles. The number of carbonyl (C=O) groups excluding carboxylic acids is 2. The van der Waals surface area contributed by atoms with Gasteiger partial charge < -0.3 is 34.4 Å². The molecule has 1 aromatic heterocycles. The Morgan fingerprint density at radius 1 is 0.894 bits per heavy atom. The first-order chi connectivity index (χ1) is 22.8. The van der Waals surface area contributed by atoms with Crippen LogP contribution in [0.5, 0.6) is 11.5 Å². The Balaban J connectivity index is 1.51. The number of rotatable bonds is 14. The highest BCUT2D eigenvalue weighted by Gasteiger charge is 2.28. The molecule has 0 aliphatic carbocycles. The average Bonchev–Trinajstić information content (AvgIpc) is 3.50. The van der Waals surface area contributed by atoms with Gasteiger partial charge >= 0.3 is 0 Å². The van der Waals surface area contributed by atoms with Crippen molar-refractivity contribution in [3.8, 4) is 22.8 Å². The fourth-order valence-electron chi connectivity index (χ4n) is 5.44. The van der Waals surface area contributed by atoms with Gasteiger partial charge in [0.1, 0.15) is 30.4 Å². The second-order valence-electron chi connectivity index (χ2n) is 12.1. The van der Waals surface area contributed by atoms with Crippen LogP contribution >= 0.6 is 0 Å². The van der Waals surface area contributed by atoms with Crippen LogP contribution in [0.25, 0.3) is 11.3 Å². The van der Waals surface area contributed by atoms with Crippen LogP contribution in [0.2, 0.25) is 0 Å². The van der Waals surface area contributed by atoms with Crippen molar-refractivity contribution in [2.45, 2.75) is 46.3 Å². The molecule has 47 heavy (non-hydrogen) atoms. The third-order valence-electron chi connectivity index (χ3n) is 8.21. The molecular weight excluding hydrogens is 594 g/mol. The van der Waals surface area contributed by atoms with Gasteiger partial charge in [0.05, 0.1) is 5.56 Å². The standard InChI is InChI=1S/C37H45N5O5/c1-5-38-37(44)35-34(39-33(43)16-17-42-20-18-41(4)19-21-42)36(47-40-35)30-22-29(26(2)3)31(45-24-27-12-8-6-9-13-27)23-32(30)46-25-28-14-10-7-11-15-28/h6-15,22-23,26H,5,16-21,24-25H2,1-4H3,(H,38,44)(H,39,43). The van der Waals surface area contributed by atoms with Gasteiger partial charge in [0.15, 0.2) is 11.5 Å². The monoisotopic (exact) mass is 639 g/mol. The normalized spacial score (nSPS) is 13.8. The van der Waals surface area contributed by atoms with E-state index in [9.17, 15) is 9.59 Å². The lowest BCUT2D eigenvalue weighted by atomic mass is 9.97. The van der Waals surface area contributed by atoms with Crippen molar-refractivity contribution < 1.29 is 23.6 Å². The smallest absolute Gasteiger partial charge is 0.275 e. The predicted molar refractivity (Wildman–Crippen MR) is 183 cm³/mol. The number of piperazine rings is 1. The Kier molecular flexibility index (Phi) is 11.6. The second kappa shape index (κ2) is 16.2. The Hall–Kier alpha value is -4.67. The molecule has 1 fully saturated rings. The highest BCUT2D eigenvalue weighted by atomic mass is 16.5. The lowest BCUT2D eigenvalue weighted by Gasteiger charge is -2.32. The summed E-state index contributed by atoms with van der Waals surface area (Å²) in [4.78, 5) is 31.1. The zero-order valence-electron chi connectivity index (χ0n) is 27.8. The largest absolute Gasteiger partial charge is 0.488 e. The Labute approximate surface area is 277 Å². The SMILES string of the molecule is CCNC(=O)c1noc(-c2cc(C(C)C)c(OCc3ccccc3)cc2OCc2ccccc2)c1NC(=O)CCN1CCN(C)CC1. The highest BCUT2D eigenvalue weighted by Crippen LogP contribution is 2.43. The van der Waals surface area contributed by atoms with Crippen LogP contribution in [0.3, 0.4) is 0 Å². The Morgan fingerprint density at radius 3 is 2.11 bits per heavy atom. The highest BCUT2D eigenvalue weighted by molar-refractivity contribution is 6.06. The molecule has 5 rings (SSSR count). The van der Waals surface area contributed by atoms with E-state index in [0.29, 0.717) is 36.8 Å². The summed E-state index contributed by atoms with van der Waals surface area (Å²) in [6.07, 6.45) is 0.268. The molecule has 4 aromatic rings. The van der Waals surface area contributed by atoms with E-state index in [2.05, 4.69) is 46.5 Å². The van der Waals surface area contributed by atoms with Gasteiger partial charge in [-0.25, -0.2) is 0 Å². The third kappa shape index (κ3) is 8.99. The van der Waals surface area contributed by atoms with Crippen LogP contribution in [-0.4, -0.2) is 73.1 Å². The Bertz CT molecular complexity index is 1620. The molecule has 2 amide bonds. The fraction of sp³-hybridized carbons (Fsp3) is 0.378. The van der Waals surface area contributed by atoms with E-state index in [1.54, 1.807) is 0 Å². The van der Waals surface area contributed by atoms with E-state index >= 15 is 0 Å². The molecular formula is C37H45N5O5. The topological polar surface area (TPSA) is 109 Å². The quantitative estimate of drug-likeness (QED) is 0.174. The zero-order valence-corrected chi connectivity index (χ0v) is 27.8. The van der Waals surface area contributed by atoms with Crippen LogP contribution in [0, 0.1) is 0 Å². The van der Waals surface area contributed by atoms with Crippen LogP contribution in [0.4, 0.5) is 5.69 Å². The predicted octanol–water partition coefficient (Wildman–Crippen LogP) is 5.95. The van der Waals surface area contributed by atoms with E-state index in [0.717, 1.165) is 42.9 Å². The van der Waals surface area contributed by atoms with Crippen molar-refractivity contribution >= 4 is 17.5 Å². The number of hydrogen-bond donors (Lipinski definition) is 2. The second-order valence-corrected chi connectivity index (χ2v) is 12.1. The lowest BCUT2D eigenvalue weighted by molar-refractivity contribution is -0.116. The van der Waals surface area contributed by atoms with E-state index in [4.69, 9.17) is 14.0 Å². The van der Waals surface area contributed by atoms with Gasteiger partial charge in [-0.05, 0) is 42.6 Å². The van der Waals surface area contributed by atoms with E-state index in [-0.39, 0.29) is 42.0 Å². The summed E-state index contributed by atoms with van der Waals surface area (Å²) < 4.78 is 18.7. The summed E-state index contributed by atoms with van der Waals surface area (Å²) >= 11 is 0. The first-order valence-corrected chi connectivity index (χ1v) is 16.3. The zero-order chi connectivity index (χ0) is 33.2. The molecule has 0 spiro atoms. The van der Waals surface area contributed by atoms with Crippen molar-refractivity contribution in [2.75, 3.05) is 51.6 Å². The number of anilines is 1. The van der Waals surface area contributed by atoms with Crippen LogP contribution in [0.15, 0.2) is 77.3 Å². The first-order valence-electron chi connectivity index (χ1n) is 16.3. The molecule has 0 radical (unpaired) electrons. The number of benzene rings is 3. The number of hydrogen-bond acceptors (Lipinski definition) is 8. The van der Waals surface area contributed by atoms with Crippen molar-refractivity contribution in [2.24, 2.45) is 0 Å². The van der Waals surface area contributed by atoms with Gasteiger partial charge in [0.25, 0.3) is 5.91 Å². The van der Waals surface area contributed by atoms with Crippen LogP contribution < -0.4 is 20.1 Å². The molecule has 0 unspecified atom stereocenters. The minimum absolute atomic E-state index is 0.0132. The summed E-state index contributed by atoms with van der Waals surface area (Å²) in [5.41, 5.74) is 3.74. The fourth-order valence-corrected chi connectivity index (χ4v) is 5.44. The van der Waals surface area contributed by atoms with Crippen molar-refractivity contribution in [1.29, 1.82) is 0 Å². The maximum absolute atomic E-state index is 13.4. The summed E-state index contributed by atoms with van der Waals surface area (Å²) in [5, 5.41) is 9.91. The summed E-state index contributed by atoms with van der Waals surface area (Å²) in [5.74, 6) is 0.826. The van der Waals surface area contributed by atoms with Gasteiger partial charge in [-0.15, -0.1) is 0 Å². The number of nitrogens with one attached hydrogen (secondary N) is 2. The van der Waals surface area contributed by atoms with Crippen LogP contribution in [-0.2, 0) is 18.0 Å². The molecule has 1 aliphatic rings. The third-order valence-corrected chi connectivity index (χ3v) is 8.21. The number of ether oxygens (including phenoxy) is 2. The van der Waals surface area contributed by atoms with E-state index in [1.165, 1.54) is 0 Å². The van der Waals surface area contributed by atoms with E-state index in [1.807, 2.05) is 79.7 Å².